The maximum atomic E-state index is 9.15. The van der Waals surface area contributed by atoms with Crippen LogP contribution < -0.4 is 15.8 Å². The standard InChI is InChI=1S/C14H12IN3O/c1-19-13-4-2-3-9(8-16)14(13)18-12-6-5-10(15)7-11(12)17/h2-7,18H,17H2,1H3. The second-order valence-electron chi connectivity index (χ2n) is 3.85. The highest BCUT2D eigenvalue weighted by Gasteiger charge is 2.10. The van der Waals surface area contributed by atoms with Gasteiger partial charge in [0.2, 0.25) is 0 Å². The second-order valence-corrected chi connectivity index (χ2v) is 5.10. The normalized spacial score (nSPS) is 9.74. The van der Waals surface area contributed by atoms with E-state index in [9.17, 15) is 0 Å². The molecule has 2 aromatic rings. The van der Waals surface area contributed by atoms with Crippen LogP contribution in [0.1, 0.15) is 5.56 Å². The Hall–Kier alpha value is -1.94. The molecular formula is C14H12IN3O. The van der Waals surface area contributed by atoms with Crippen molar-refractivity contribution in [2.45, 2.75) is 0 Å². The summed E-state index contributed by atoms with van der Waals surface area (Å²) in [6.07, 6.45) is 0. The number of hydrogen-bond acceptors (Lipinski definition) is 4. The fourth-order valence-corrected chi connectivity index (χ4v) is 2.22. The third kappa shape index (κ3) is 2.90. The van der Waals surface area contributed by atoms with Crippen molar-refractivity contribution in [3.63, 3.8) is 0 Å². The number of nitrogens with zero attached hydrogens (tertiary/aromatic N) is 1. The number of halogens is 1. The van der Waals surface area contributed by atoms with Crippen molar-refractivity contribution in [2.75, 3.05) is 18.2 Å². The van der Waals surface area contributed by atoms with Gasteiger partial charge in [0.25, 0.3) is 0 Å². The van der Waals surface area contributed by atoms with E-state index in [2.05, 4.69) is 34.0 Å². The zero-order valence-corrected chi connectivity index (χ0v) is 12.4. The SMILES string of the molecule is COc1cccc(C#N)c1Nc1ccc(I)cc1N. The van der Waals surface area contributed by atoms with E-state index in [1.807, 2.05) is 18.2 Å². The van der Waals surface area contributed by atoms with E-state index in [4.69, 9.17) is 15.7 Å². The van der Waals surface area contributed by atoms with E-state index >= 15 is 0 Å². The van der Waals surface area contributed by atoms with E-state index in [1.54, 1.807) is 25.3 Å². The lowest BCUT2D eigenvalue weighted by Gasteiger charge is -2.14. The number of anilines is 3. The fraction of sp³-hybridized carbons (Fsp3) is 0.0714. The summed E-state index contributed by atoms with van der Waals surface area (Å²) in [5.74, 6) is 0.608. The molecule has 0 fully saturated rings. The van der Waals surface area contributed by atoms with Gasteiger partial charge in [-0.25, -0.2) is 0 Å². The summed E-state index contributed by atoms with van der Waals surface area (Å²) in [6.45, 7) is 0. The molecule has 2 rings (SSSR count). The van der Waals surface area contributed by atoms with E-state index in [0.717, 1.165) is 9.26 Å². The van der Waals surface area contributed by atoms with E-state index in [0.29, 0.717) is 22.7 Å². The summed E-state index contributed by atoms with van der Waals surface area (Å²) in [4.78, 5) is 0. The zero-order chi connectivity index (χ0) is 13.8. The minimum absolute atomic E-state index is 0.511. The van der Waals surface area contributed by atoms with Gasteiger partial charge in [-0.2, -0.15) is 5.26 Å². The molecule has 2 aromatic carbocycles. The monoisotopic (exact) mass is 365 g/mol. The van der Waals surface area contributed by atoms with Crippen LogP contribution in [0.4, 0.5) is 17.1 Å². The molecule has 0 atom stereocenters. The van der Waals surface area contributed by atoms with Gasteiger partial charge < -0.3 is 15.8 Å². The highest BCUT2D eigenvalue weighted by atomic mass is 127. The lowest BCUT2D eigenvalue weighted by Crippen LogP contribution is -2.00. The molecule has 0 aromatic heterocycles. The number of rotatable bonds is 3. The third-order valence-corrected chi connectivity index (χ3v) is 3.31. The first kappa shape index (κ1) is 13.5. The molecule has 3 N–H and O–H groups in total. The summed E-state index contributed by atoms with van der Waals surface area (Å²) in [5.41, 5.74) is 8.48. The Kier molecular flexibility index (Phi) is 4.12. The van der Waals surface area contributed by atoms with Gasteiger partial charge in [-0.15, -0.1) is 0 Å². The molecule has 4 nitrogen and oxygen atoms in total. The van der Waals surface area contributed by atoms with Crippen molar-refractivity contribution >= 4 is 39.7 Å². The largest absolute Gasteiger partial charge is 0.495 e. The minimum Gasteiger partial charge on any atom is -0.495 e. The third-order valence-electron chi connectivity index (χ3n) is 2.64. The molecule has 0 saturated heterocycles. The van der Waals surface area contributed by atoms with Gasteiger partial charge in [0.05, 0.1) is 29.7 Å². The molecule has 5 heteroatoms. The van der Waals surface area contributed by atoms with Crippen molar-refractivity contribution < 1.29 is 4.74 Å². The molecule has 19 heavy (non-hydrogen) atoms. The van der Waals surface area contributed by atoms with Crippen LogP contribution in [0, 0.1) is 14.9 Å². The average Bonchev–Trinajstić information content (AvgIpc) is 2.42. The van der Waals surface area contributed by atoms with E-state index in [1.165, 1.54) is 0 Å². The number of hydrogen-bond donors (Lipinski definition) is 2. The Morgan fingerprint density at radius 2 is 2.11 bits per heavy atom. The van der Waals surface area contributed by atoms with Crippen LogP contribution >= 0.6 is 22.6 Å². The Morgan fingerprint density at radius 1 is 1.32 bits per heavy atom. The zero-order valence-electron chi connectivity index (χ0n) is 10.3. The van der Waals surface area contributed by atoms with Crippen LogP contribution in [0.2, 0.25) is 0 Å². The maximum Gasteiger partial charge on any atom is 0.143 e. The second kappa shape index (κ2) is 5.80. The van der Waals surface area contributed by atoms with E-state index in [-0.39, 0.29) is 0 Å². The lowest BCUT2D eigenvalue weighted by atomic mass is 10.1. The van der Waals surface area contributed by atoms with Gasteiger partial charge in [-0.3, -0.25) is 0 Å². The van der Waals surface area contributed by atoms with Crippen LogP contribution in [-0.4, -0.2) is 7.11 Å². The Balaban J connectivity index is 2.46. The number of ether oxygens (including phenoxy) is 1. The first-order valence-corrected chi connectivity index (χ1v) is 6.62. The number of nitrogens with two attached hydrogens (primary N) is 1. The average molecular weight is 365 g/mol. The van der Waals surface area contributed by atoms with Gasteiger partial charge in [0, 0.05) is 3.57 Å². The number of nitrogen functional groups attached to an aromatic ring is 1. The summed E-state index contributed by atoms with van der Waals surface area (Å²) < 4.78 is 6.32. The Morgan fingerprint density at radius 3 is 2.74 bits per heavy atom. The molecule has 0 aliphatic carbocycles. The molecule has 0 radical (unpaired) electrons. The van der Waals surface area contributed by atoms with Gasteiger partial charge in [0.1, 0.15) is 11.8 Å². The van der Waals surface area contributed by atoms with Crippen LogP contribution in [0.3, 0.4) is 0 Å². The van der Waals surface area contributed by atoms with Crippen molar-refractivity contribution in [1.82, 2.24) is 0 Å². The summed E-state index contributed by atoms with van der Waals surface area (Å²) in [7, 11) is 1.57. The maximum absolute atomic E-state index is 9.15. The predicted molar refractivity (Wildman–Crippen MR) is 84.6 cm³/mol. The van der Waals surface area contributed by atoms with Crippen molar-refractivity contribution in [1.29, 1.82) is 5.26 Å². The van der Waals surface area contributed by atoms with Crippen molar-refractivity contribution in [3.8, 4) is 11.8 Å². The summed E-state index contributed by atoms with van der Waals surface area (Å²) in [5, 5.41) is 12.3. The first-order chi connectivity index (χ1) is 9.15. The molecule has 0 bridgehead atoms. The fourth-order valence-electron chi connectivity index (χ4n) is 1.71. The summed E-state index contributed by atoms with van der Waals surface area (Å²) >= 11 is 2.20. The van der Waals surface area contributed by atoms with E-state index < -0.39 is 0 Å². The highest BCUT2D eigenvalue weighted by Crippen LogP contribution is 2.33. The molecule has 0 aliphatic rings. The highest BCUT2D eigenvalue weighted by molar-refractivity contribution is 14.1. The van der Waals surface area contributed by atoms with Crippen LogP contribution in [-0.2, 0) is 0 Å². The number of nitriles is 1. The smallest absolute Gasteiger partial charge is 0.143 e. The lowest BCUT2D eigenvalue weighted by molar-refractivity contribution is 0.416. The molecule has 0 aliphatic heterocycles. The summed E-state index contributed by atoms with van der Waals surface area (Å²) in [6, 6.07) is 13.1. The molecule has 0 amide bonds. The molecule has 0 unspecified atom stereocenters. The van der Waals surface area contributed by atoms with Crippen molar-refractivity contribution in [3.05, 3.63) is 45.5 Å². The Bertz CT molecular complexity index is 650. The molecule has 0 spiro atoms. The van der Waals surface area contributed by atoms with Gasteiger partial charge in [-0.1, -0.05) is 6.07 Å². The van der Waals surface area contributed by atoms with Crippen molar-refractivity contribution in [2.24, 2.45) is 0 Å². The van der Waals surface area contributed by atoms with Crippen LogP contribution in [0.25, 0.3) is 0 Å². The predicted octanol–water partition coefficient (Wildman–Crippen LogP) is 3.50. The van der Waals surface area contributed by atoms with Gasteiger partial charge in [0.15, 0.2) is 0 Å². The quantitative estimate of drug-likeness (QED) is 0.645. The molecule has 0 heterocycles. The molecule has 0 saturated carbocycles. The molecule has 96 valence electrons. The number of benzene rings is 2. The first-order valence-electron chi connectivity index (χ1n) is 5.55. The van der Waals surface area contributed by atoms with Gasteiger partial charge in [-0.05, 0) is 52.9 Å². The topological polar surface area (TPSA) is 71.1 Å². The Labute approximate surface area is 125 Å². The number of methoxy groups -OCH3 is 1. The van der Waals surface area contributed by atoms with Crippen LogP contribution in [0.15, 0.2) is 36.4 Å². The van der Waals surface area contributed by atoms with Crippen LogP contribution in [0.5, 0.6) is 5.75 Å². The molecular weight excluding hydrogens is 353 g/mol. The number of nitrogens with one attached hydrogen (secondary N) is 1. The number of para-hydroxylation sites is 1. The minimum atomic E-state index is 0.511. The van der Waals surface area contributed by atoms with Gasteiger partial charge >= 0.3 is 0 Å².